The minimum absolute atomic E-state index is 0.0828. The minimum Gasteiger partial charge on any atom is -0.486 e. The Morgan fingerprint density at radius 2 is 1.62 bits per heavy atom. The molecule has 1 heterocycles. The van der Waals surface area contributed by atoms with E-state index in [9.17, 15) is 9.59 Å². The number of para-hydroxylation sites is 1. The van der Waals surface area contributed by atoms with Crippen LogP contribution >= 0.6 is 11.3 Å². The summed E-state index contributed by atoms with van der Waals surface area (Å²) < 4.78 is 5.85. The normalized spacial score (nSPS) is 17.6. The van der Waals surface area contributed by atoms with Crippen molar-refractivity contribution < 1.29 is 14.3 Å². The Balaban J connectivity index is 1.20. The van der Waals surface area contributed by atoms with E-state index in [1.165, 1.54) is 11.3 Å². The molecular formula is C26H30N4O3S. The van der Waals surface area contributed by atoms with Crippen molar-refractivity contribution in [3.05, 3.63) is 75.7 Å². The second-order valence-corrected chi connectivity index (χ2v) is 9.67. The predicted octanol–water partition coefficient (Wildman–Crippen LogP) is 5.20. The van der Waals surface area contributed by atoms with E-state index in [4.69, 9.17) is 4.74 Å². The number of urea groups is 1. The summed E-state index contributed by atoms with van der Waals surface area (Å²) in [6.45, 7) is 4.41. The maximum atomic E-state index is 12.7. The van der Waals surface area contributed by atoms with E-state index >= 15 is 0 Å². The van der Waals surface area contributed by atoms with Gasteiger partial charge in [-0.2, -0.15) is 0 Å². The number of aryl methyl sites for hydroxylation is 2. The van der Waals surface area contributed by atoms with Crippen LogP contribution < -0.4 is 20.7 Å². The van der Waals surface area contributed by atoms with Gasteiger partial charge in [0.05, 0.1) is 0 Å². The van der Waals surface area contributed by atoms with Crippen LogP contribution in [0.4, 0.5) is 10.5 Å². The molecule has 0 saturated heterocycles. The van der Waals surface area contributed by atoms with Crippen LogP contribution in [-0.4, -0.2) is 29.0 Å². The number of ether oxygens (including phenoxy) is 1. The fraction of sp³-hybridized carbons (Fsp3) is 0.346. The summed E-state index contributed by atoms with van der Waals surface area (Å²) in [5.41, 5.74) is 3.49. The lowest BCUT2D eigenvalue weighted by Gasteiger charge is -2.29. The second-order valence-electron chi connectivity index (χ2n) is 8.73. The third-order valence-electron chi connectivity index (χ3n) is 5.77. The number of rotatable bonds is 7. The fourth-order valence-corrected chi connectivity index (χ4v) is 4.84. The van der Waals surface area contributed by atoms with E-state index in [1.54, 1.807) is 5.38 Å². The van der Waals surface area contributed by atoms with Gasteiger partial charge in [0.1, 0.15) is 23.1 Å². The Hall–Kier alpha value is -3.39. The largest absolute Gasteiger partial charge is 0.486 e. The zero-order valence-electron chi connectivity index (χ0n) is 19.5. The average molecular weight is 479 g/mol. The Labute approximate surface area is 204 Å². The van der Waals surface area contributed by atoms with Crippen LogP contribution in [0.25, 0.3) is 0 Å². The van der Waals surface area contributed by atoms with Crippen molar-refractivity contribution >= 4 is 29.0 Å². The molecular weight excluding hydrogens is 448 g/mol. The van der Waals surface area contributed by atoms with Crippen molar-refractivity contribution in [3.8, 4) is 5.75 Å². The van der Waals surface area contributed by atoms with Crippen LogP contribution in [0.1, 0.15) is 52.3 Å². The van der Waals surface area contributed by atoms with Crippen molar-refractivity contribution in [3.63, 3.8) is 0 Å². The van der Waals surface area contributed by atoms with Gasteiger partial charge in [-0.15, -0.1) is 11.3 Å². The number of hydrogen-bond donors (Lipinski definition) is 3. The number of nitrogens with zero attached hydrogens (tertiary/aromatic N) is 1. The van der Waals surface area contributed by atoms with Crippen molar-refractivity contribution in [1.82, 2.24) is 15.6 Å². The monoisotopic (exact) mass is 478 g/mol. The fourth-order valence-electron chi connectivity index (χ4n) is 4.16. The molecule has 3 aromatic rings. The van der Waals surface area contributed by atoms with Gasteiger partial charge in [0, 0.05) is 23.2 Å². The highest BCUT2D eigenvalue weighted by atomic mass is 32.1. The van der Waals surface area contributed by atoms with E-state index in [0.717, 1.165) is 53.3 Å². The molecule has 0 atom stereocenters. The lowest BCUT2D eigenvalue weighted by atomic mass is 9.91. The molecule has 0 aliphatic heterocycles. The Morgan fingerprint density at radius 1 is 0.971 bits per heavy atom. The smallest absolute Gasteiger partial charge is 0.319 e. The number of aromatic nitrogens is 1. The molecule has 1 fully saturated rings. The van der Waals surface area contributed by atoms with Gasteiger partial charge < -0.3 is 20.7 Å². The first-order valence-corrected chi connectivity index (χ1v) is 12.4. The van der Waals surface area contributed by atoms with Crippen molar-refractivity contribution in [2.24, 2.45) is 0 Å². The SMILES string of the molecule is Cc1cc(C)cc(OCc2nc(C(=O)NC3CCC(NC(=O)Nc4ccccc4)CC3)cs2)c1. The number of benzene rings is 2. The maximum absolute atomic E-state index is 12.7. The third kappa shape index (κ3) is 6.81. The molecule has 34 heavy (non-hydrogen) atoms. The number of carbonyl (C=O) groups excluding carboxylic acids is 2. The molecule has 1 aromatic heterocycles. The summed E-state index contributed by atoms with van der Waals surface area (Å²) in [4.78, 5) is 29.3. The highest BCUT2D eigenvalue weighted by Gasteiger charge is 2.24. The number of amides is 3. The Morgan fingerprint density at radius 3 is 2.29 bits per heavy atom. The van der Waals surface area contributed by atoms with Crippen LogP contribution in [0.3, 0.4) is 0 Å². The van der Waals surface area contributed by atoms with Crippen molar-refractivity contribution in [1.29, 1.82) is 0 Å². The van der Waals surface area contributed by atoms with Crippen molar-refractivity contribution in [2.75, 3.05) is 5.32 Å². The quantitative estimate of drug-likeness (QED) is 0.435. The molecule has 0 unspecified atom stereocenters. The maximum Gasteiger partial charge on any atom is 0.319 e. The average Bonchev–Trinajstić information content (AvgIpc) is 3.28. The lowest BCUT2D eigenvalue weighted by molar-refractivity contribution is 0.0919. The first-order chi connectivity index (χ1) is 16.4. The number of hydrogen-bond acceptors (Lipinski definition) is 5. The zero-order valence-corrected chi connectivity index (χ0v) is 20.3. The lowest BCUT2D eigenvalue weighted by Crippen LogP contribution is -2.45. The Bertz CT molecular complexity index is 1100. The molecule has 3 amide bonds. The number of nitrogens with one attached hydrogen (secondary N) is 3. The van der Waals surface area contributed by atoms with Gasteiger partial charge in [0.2, 0.25) is 0 Å². The standard InChI is InChI=1S/C26H30N4O3S/c1-17-12-18(2)14-22(13-17)33-15-24-30-23(16-34-24)25(31)27-20-8-10-21(11-9-20)29-26(32)28-19-6-4-3-5-7-19/h3-7,12-14,16,20-21H,8-11,15H2,1-2H3,(H,27,31)(H2,28,29,32). The zero-order chi connectivity index (χ0) is 23.9. The molecule has 178 valence electrons. The minimum atomic E-state index is -0.197. The first kappa shape index (κ1) is 23.8. The molecule has 0 spiro atoms. The van der Waals surface area contributed by atoms with E-state index in [-0.39, 0.29) is 24.0 Å². The molecule has 2 aromatic carbocycles. The number of anilines is 1. The summed E-state index contributed by atoms with van der Waals surface area (Å²) in [5, 5.41) is 11.5. The molecule has 3 N–H and O–H groups in total. The van der Waals surface area contributed by atoms with E-state index < -0.39 is 0 Å². The van der Waals surface area contributed by atoms with Gasteiger partial charge in [-0.25, -0.2) is 9.78 Å². The van der Waals surface area contributed by atoms with Gasteiger partial charge in [-0.3, -0.25) is 4.79 Å². The summed E-state index contributed by atoms with van der Waals surface area (Å²) in [7, 11) is 0. The van der Waals surface area contributed by atoms with Crippen LogP contribution in [-0.2, 0) is 6.61 Å². The topological polar surface area (TPSA) is 92.3 Å². The van der Waals surface area contributed by atoms with E-state index in [1.807, 2.05) is 56.3 Å². The summed E-state index contributed by atoms with van der Waals surface area (Å²) in [6.07, 6.45) is 3.27. The second kappa shape index (κ2) is 11.2. The van der Waals surface area contributed by atoms with Crippen LogP contribution in [0.5, 0.6) is 5.75 Å². The molecule has 0 radical (unpaired) electrons. The third-order valence-corrected chi connectivity index (χ3v) is 6.59. The van der Waals surface area contributed by atoms with Gasteiger partial charge in [0.25, 0.3) is 5.91 Å². The molecule has 0 bridgehead atoms. The van der Waals surface area contributed by atoms with Gasteiger partial charge in [-0.1, -0.05) is 24.3 Å². The van der Waals surface area contributed by atoms with Crippen LogP contribution in [0, 0.1) is 13.8 Å². The highest BCUT2D eigenvalue weighted by Crippen LogP contribution is 2.21. The molecule has 4 rings (SSSR count). The molecule has 1 aliphatic rings. The first-order valence-electron chi connectivity index (χ1n) is 11.5. The molecule has 1 saturated carbocycles. The number of carbonyl (C=O) groups is 2. The van der Waals surface area contributed by atoms with Crippen molar-refractivity contribution in [2.45, 2.75) is 58.2 Å². The molecule has 7 nitrogen and oxygen atoms in total. The van der Waals surface area contributed by atoms with Gasteiger partial charge >= 0.3 is 6.03 Å². The number of thiazole rings is 1. The molecule has 1 aliphatic carbocycles. The van der Waals surface area contributed by atoms with Gasteiger partial charge in [-0.05, 0) is 74.9 Å². The Kier molecular flexibility index (Phi) is 7.80. The highest BCUT2D eigenvalue weighted by molar-refractivity contribution is 7.09. The summed E-state index contributed by atoms with van der Waals surface area (Å²) >= 11 is 1.42. The van der Waals surface area contributed by atoms with Crippen LogP contribution in [0.15, 0.2) is 53.9 Å². The van der Waals surface area contributed by atoms with Crippen LogP contribution in [0.2, 0.25) is 0 Å². The summed E-state index contributed by atoms with van der Waals surface area (Å²) in [6, 6.07) is 15.4. The van der Waals surface area contributed by atoms with E-state index in [0.29, 0.717) is 12.3 Å². The predicted molar refractivity (Wildman–Crippen MR) is 134 cm³/mol. The van der Waals surface area contributed by atoms with E-state index in [2.05, 4.69) is 27.0 Å². The summed E-state index contributed by atoms with van der Waals surface area (Å²) in [5.74, 6) is 0.647. The van der Waals surface area contributed by atoms with Gasteiger partial charge in [0.15, 0.2) is 0 Å². The molecule has 8 heteroatoms.